The number of thiocarbonyl (C=S) groups is 1. The molecule has 2 aliphatic heterocycles. The van der Waals surface area contributed by atoms with E-state index in [-0.39, 0.29) is 43.2 Å². The fraction of sp³-hybridized carbons (Fsp3) is 0.618. The minimum absolute atomic E-state index is 0.0347. The number of hydrogen-bond acceptors (Lipinski definition) is 18. The number of imide groups is 1. The molecule has 308 valence electrons. The smallest absolute Gasteiger partial charge is 0.253 e. The molecule has 1 fully saturated rings. The van der Waals surface area contributed by atoms with E-state index in [0.717, 1.165) is 17.7 Å². The Kier molecular flexibility index (Phi) is 21.8. The van der Waals surface area contributed by atoms with E-state index in [1.54, 1.807) is 30.5 Å². The number of amides is 2. The lowest BCUT2D eigenvalue weighted by Crippen LogP contribution is -2.59. The minimum Gasteiger partial charge on any atom is -0.462 e. The highest BCUT2D eigenvalue weighted by Gasteiger charge is 2.44. The molecule has 2 amide bonds. The zero-order valence-electron chi connectivity index (χ0n) is 30.5. The summed E-state index contributed by atoms with van der Waals surface area (Å²) in [4.78, 5) is 28.3. The Bertz CT molecular complexity index is 1370. The average Bonchev–Trinajstić information content (AvgIpc) is 3.49. The molecule has 20 nitrogen and oxygen atoms in total. The number of hydrogen-bond donors (Lipinski definition) is 8. The first kappa shape index (κ1) is 45.7. The molecule has 0 saturated carbocycles. The summed E-state index contributed by atoms with van der Waals surface area (Å²) in [6.45, 7) is 4.08. The van der Waals surface area contributed by atoms with Crippen molar-refractivity contribution in [3.05, 3.63) is 36.4 Å². The Balaban J connectivity index is 1.14. The molecule has 2 heterocycles. The second kappa shape index (κ2) is 26.2. The zero-order valence-corrected chi connectivity index (χ0v) is 31.3. The Morgan fingerprint density at radius 1 is 0.891 bits per heavy atom. The number of nitrogens with zero attached hydrogens (tertiary/aromatic N) is 4. The third-order valence-corrected chi connectivity index (χ3v) is 8.28. The van der Waals surface area contributed by atoms with Crippen molar-refractivity contribution in [2.45, 2.75) is 56.4 Å². The number of nitrogens with one attached hydrogen (secondary N) is 2. The summed E-state index contributed by atoms with van der Waals surface area (Å²) in [7, 11) is 0. The molecular formula is C34H53N7O13S. The fourth-order valence-electron chi connectivity index (χ4n) is 5.07. The van der Waals surface area contributed by atoms with Crippen molar-refractivity contribution in [1.29, 1.82) is 0 Å². The lowest BCUT2D eigenvalue weighted by atomic mass is 9.97. The number of nitrogens with two attached hydrogens (primary N) is 1. The quantitative estimate of drug-likeness (QED) is 0.0135. The standard InChI is InChI=1S/C34H53N7O13S/c35-39-25(23-36-12-15-49-17-19-51-21-22-52-20-18-50-16-14-40-28(42)8-9-29(40)43)3-1-2-11-37-34(55)38-24-4-6-26(7-5-24)53-33-32(46)31(45)30(44)27(54-33)10-13-41(47)48/h4-9,23,27,30-33,44-48H,1-3,10-22,35H2,(H2,37,38,55)/b36-23?,39-25-/t27-,30-,31?,32?,33+/m1/s1. The van der Waals surface area contributed by atoms with E-state index in [1.165, 1.54) is 12.2 Å². The Labute approximate surface area is 324 Å². The third kappa shape index (κ3) is 17.7. The van der Waals surface area contributed by atoms with Gasteiger partial charge in [0, 0.05) is 30.6 Å². The van der Waals surface area contributed by atoms with Gasteiger partial charge in [-0.2, -0.15) is 5.10 Å². The van der Waals surface area contributed by atoms with Crippen molar-refractivity contribution in [2.24, 2.45) is 15.9 Å². The number of aliphatic imine (C=N–C) groups is 1. The summed E-state index contributed by atoms with van der Waals surface area (Å²) < 4.78 is 33.0. The number of ether oxygens (including phenoxy) is 6. The molecule has 1 saturated heterocycles. The van der Waals surface area contributed by atoms with Gasteiger partial charge in [0.05, 0.1) is 84.3 Å². The molecular weight excluding hydrogens is 746 g/mol. The minimum atomic E-state index is -1.55. The molecule has 9 N–H and O–H groups in total. The van der Waals surface area contributed by atoms with Crippen molar-refractivity contribution >= 4 is 46.8 Å². The lowest BCUT2D eigenvalue weighted by Gasteiger charge is -2.40. The van der Waals surface area contributed by atoms with Crippen LogP contribution in [0.25, 0.3) is 0 Å². The molecule has 0 aliphatic carbocycles. The number of aliphatic hydroxyl groups excluding tert-OH is 3. The highest BCUT2D eigenvalue weighted by atomic mass is 32.1. The van der Waals surface area contributed by atoms with Gasteiger partial charge < -0.3 is 60.2 Å². The number of carbonyl (C=O) groups excluding carboxylic acids is 2. The molecule has 1 aromatic carbocycles. The van der Waals surface area contributed by atoms with Gasteiger partial charge in [-0.05, 0) is 62.2 Å². The summed E-state index contributed by atoms with van der Waals surface area (Å²) >= 11 is 5.38. The number of unbranched alkanes of at least 4 members (excludes halogenated alkanes) is 1. The van der Waals surface area contributed by atoms with Crippen LogP contribution >= 0.6 is 12.2 Å². The lowest BCUT2D eigenvalue weighted by molar-refractivity contribution is -0.317. The van der Waals surface area contributed by atoms with Gasteiger partial charge in [0.15, 0.2) is 5.11 Å². The van der Waals surface area contributed by atoms with Gasteiger partial charge in [-0.1, -0.05) is 5.23 Å². The van der Waals surface area contributed by atoms with Crippen LogP contribution in [0.2, 0.25) is 0 Å². The molecule has 21 heteroatoms. The van der Waals surface area contributed by atoms with E-state index in [2.05, 4.69) is 20.7 Å². The van der Waals surface area contributed by atoms with E-state index in [1.807, 2.05) is 0 Å². The number of anilines is 1. The Morgan fingerprint density at radius 3 is 2.13 bits per heavy atom. The van der Waals surface area contributed by atoms with E-state index in [0.29, 0.717) is 88.0 Å². The molecule has 0 radical (unpaired) electrons. The first-order valence-electron chi connectivity index (χ1n) is 17.9. The average molecular weight is 800 g/mol. The zero-order chi connectivity index (χ0) is 39.8. The molecule has 0 aromatic heterocycles. The number of aliphatic hydroxyl groups is 3. The molecule has 0 spiro atoms. The number of benzene rings is 1. The van der Waals surface area contributed by atoms with Crippen LogP contribution in [0.1, 0.15) is 25.7 Å². The van der Waals surface area contributed by atoms with E-state index in [4.69, 9.17) is 56.9 Å². The number of hydrazone groups is 1. The van der Waals surface area contributed by atoms with Crippen molar-refractivity contribution in [1.82, 2.24) is 15.4 Å². The van der Waals surface area contributed by atoms with E-state index in [9.17, 15) is 24.9 Å². The topological polar surface area (TPSA) is 272 Å². The first-order valence-corrected chi connectivity index (χ1v) is 18.3. The highest BCUT2D eigenvalue weighted by molar-refractivity contribution is 7.80. The van der Waals surface area contributed by atoms with Gasteiger partial charge in [0.25, 0.3) is 11.8 Å². The summed E-state index contributed by atoms with van der Waals surface area (Å²) in [6.07, 6.45) is -0.485. The first-order chi connectivity index (χ1) is 26.6. The molecule has 2 aliphatic rings. The van der Waals surface area contributed by atoms with Gasteiger partial charge in [-0.25, -0.2) is 0 Å². The monoisotopic (exact) mass is 799 g/mol. The number of rotatable bonds is 27. The van der Waals surface area contributed by atoms with Crippen LogP contribution in [0, 0.1) is 0 Å². The van der Waals surface area contributed by atoms with Crippen molar-refractivity contribution < 1.29 is 63.7 Å². The van der Waals surface area contributed by atoms with Crippen molar-refractivity contribution in [3.8, 4) is 5.75 Å². The van der Waals surface area contributed by atoms with Crippen LogP contribution in [-0.2, 0) is 33.3 Å². The van der Waals surface area contributed by atoms with Crippen LogP contribution in [-0.4, -0.2) is 174 Å². The van der Waals surface area contributed by atoms with E-state index < -0.39 is 30.7 Å². The molecule has 55 heavy (non-hydrogen) atoms. The van der Waals surface area contributed by atoms with Gasteiger partial charge in [-0.3, -0.25) is 29.9 Å². The Hall–Kier alpha value is -3.71. The largest absolute Gasteiger partial charge is 0.462 e. The van der Waals surface area contributed by atoms with Crippen molar-refractivity contribution in [3.63, 3.8) is 0 Å². The van der Waals surface area contributed by atoms with Gasteiger partial charge >= 0.3 is 0 Å². The summed E-state index contributed by atoms with van der Waals surface area (Å²) in [5.74, 6) is 5.19. The number of hydroxylamine groups is 2. The molecule has 2 unspecified atom stereocenters. The summed E-state index contributed by atoms with van der Waals surface area (Å²) in [6, 6.07) is 6.62. The van der Waals surface area contributed by atoms with E-state index >= 15 is 0 Å². The van der Waals surface area contributed by atoms with Crippen LogP contribution < -0.4 is 21.2 Å². The molecule has 3 rings (SSSR count). The van der Waals surface area contributed by atoms with Crippen LogP contribution in [0.3, 0.4) is 0 Å². The maximum Gasteiger partial charge on any atom is 0.253 e. The summed E-state index contributed by atoms with van der Waals surface area (Å²) in [5.41, 5.74) is 1.34. The van der Waals surface area contributed by atoms with Crippen LogP contribution in [0.5, 0.6) is 5.75 Å². The number of carbonyl (C=O) groups is 2. The third-order valence-electron chi connectivity index (χ3n) is 8.04. The molecule has 5 atom stereocenters. The SMILES string of the molecule is N/N=C(\C=NCCOCCOCCOCCOCCN1C(=O)C=CC1=O)CCCCNC(=S)Nc1ccc(O[C@H]2O[C@H](CCN(O)O)[C@@H](O)C(O)C2O)cc1. The maximum absolute atomic E-state index is 11.4. The highest BCUT2D eigenvalue weighted by Crippen LogP contribution is 2.26. The van der Waals surface area contributed by atoms with Gasteiger partial charge in [0.2, 0.25) is 6.29 Å². The molecule has 1 aromatic rings. The van der Waals surface area contributed by atoms with Crippen LogP contribution in [0.15, 0.2) is 46.5 Å². The normalized spacial score (nSPS) is 21.6. The van der Waals surface area contributed by atoms with Gasteiger partial charge in [0.1, 0.15) is 24.1 Å². The van der Waals surface area contributed by atoms with Crippen molar-refractivity contribution in [2.75, 3.05) is 84.4 Å². The van der Waals surface area contributed by atoms with Crippen LogP contribution in [0.4, 0.5) is 5.69 Å². The summed E-state index contributed by atoms with van der Waals surface area (Å²) in [5, 5.41) is 58.9. The predicted octanol–water partition coefficient (Wildman–Crippen LogP) is -0.823. The second-order valence-electron chi connectivity index (χ2n) is 12.1. The predicted molar refractivity (Wildman–Crippen MR) is 201 cm³/mol. The van der Waals surface area contributed by atoms with Gasteiger partial charge in [-0.15, -0.1) is 0 Å². The fourth-order valence-corrected chi connectivity index (χ4v) is 5.29. The second-order valence-corrected chi connectivity index (χ2v) is 12.6. The molecule has 0 bridgehead atoms. The maximum atomic E-state index is 11.4. The Morgan fingerprint density at radius 2 is 1.51 bits per heavy atom.